The third kappa shape index (κ3) is 9.69. The van der Waals surface area contributed by atoms with Crippen LogP contribution in [0.25, 0.3) is 0 Å². The quantitative estimate of drug-likeness (QED) is 0.281. The summed E-state index contributed by atoms with van der Waals surface area (Å²) in [5, 5.41) is 8.03. The molecule has 4 N–H and O–H groups in total. The second kappa shape index (κ2) is 9.75. The van der Waals surface area contributed by atoms with Crippen LogP contribution < -0.4 is 11.5 Å². The monoisotopic (exact) mass is 449 g/mol. The third-order valence-electron chi connectivity index (χ3n) is 1.95. The summed E-state index contributed by atoms with van der Waals surface area (Å²) in [6, 6.07) is 12.7. The molecule has 0 aliphatic heterocycles. The summed E-state index contributed by atoms with van der Waals surface area (Å²) < 4.78 is 0. The fourth-order valence-corrected chi connectivity index (χ4v) is 1.17. The Morgan fingerprint density at radius 3 is 2.00 bits per heavy atom. The van der Waals surface area contributed by atoms with Crippen LogP contribution in [-0.2, 0) is 0 Å². The van der Waals surface area contributed by atoms with Crippen molar-refractivity contribution >= 4 is 62.8 Å². The molecule has 120 valence electrons. The minimum atomic E-state index is -0.641. The molecule has 2 rings (SSSR count). The standard InChI is InChI=1S/C11H11N5.C3H9ISi.ClH/c12-10-7-6-9(11(13)14-10)16-15-8-4-2-1-3-5-8;1-5(2,3)4;/h1-7H,(H4,12,13,14);1-3H3;1H/b16-15+;;. The van der Waals surface area contributed by atoms with E-state index in [1.165, 1.54) is 0 Å². The van der Waals surface area contributed by atoms with E-state index in [9.17, 15) is 0 Å². The molecule has 0 bridgehead atoms. The number of aromatic nitrogens is 1. The van der Waals surface area contributed by atoms with Gasteiger partial charge in [-0.25, -0.2) is 4.98 Å². The van der Waals surface area contributed by atoms with Crippen LogP contribution in [0.1, 0.15) is 0 Å². The molecule has 0 saturated carbocycles. The zero-order valence-corrected chi connectivity index (χ0v) is 16.8. The Hall–Kier alpha value is -1.19. The molecular weight excluding hydrogens is 429 g/mol. The van der Waals surface area contributed by atoms with Gasteiger partial charge in [0.25, 0.3) is 0 Å². The van der Waals surface area contributed by atoms with E-state index in [1.807, 2.05) is 30.3 Å². The number of halogens is 2. The highest BCUT2D eigenvalue weighted by molar-refractivity contribution is 14.1. The number of hydrogen-bond donors (Lipinski definition) is 2. The molecular formula is C14H21ClIN5Si. The first-order valence-electron chi connectivity index (χ1n) is 6.43. The molecule has 1 heterocycles. The summed E-state index contributed by atoms with van der Waals surface area (Å²) in [5.41, 5.74) is 11.7. The average molecular weight is 450 g/mol. The van der Waals surface area contributed by atoms with Crippen LogP contribution in [0.5, 0.6) is 0 Å². The molecule has 22 heavy (non-hydrogen) atoms. The Bertz CT molecular complexity index is 596. The summed E-state index contributed by atoms with van der Waals surface area (Å²) >= 11 is 2.52. The van der Waals surface area contributed by atoms with E-state index >= 15 is 0 Å². The molecule has 0 amide bonds. The van der Waals surface area contributed by atoms with Gasteiger partial charge in [-0.05, 0) is 24.3 Å². The third-order valence-corrected chi connectivity index (χ3v) is 1.95. The number of anilines is 2. The predicted octanol–water partition coefficient (Wildman–Crippen LogP) is 5.34. The number of nitrogen functional groups attached to an aromatic ring is 2. The van der Waals surface area contributed by atoms with Gasteiger partial charge in [-0.1, -0.05) is 37.8 Å². The number of nitrogens with zero attached hydrogens (tertiary/aromatic N) is 3. The normalized spacial score (nSPS) is 10.5. The highest BCUT2D eigenvalue weighted by Crippen LogP contribution is 2.23. The first kappa shape index (κ1) is 20.8. The van der Waals surface area contributed by atoms with Crippen molar-refractivity contribution in [3.05, 3.63) is 42.5 Å². The van der Waals surface area contributed by atoms with Gasteiger partial charge in [-0.2, -0.15) is 5.11 Å². The van der Waals surface area contributed by atoms with E-state index in [0.29, 0.717) is 11.5 Å². The van der Waals surface area contributed by atoms with Crippen LogP contribution in [0, 0.1) is 0 Å². The maximum absolute atomic E-state index is 5.64. The van der Waals surface area contributed by atoms with Gasteiger partial charge in [-0.15, -0.1) is 39.3 Å². The van der Waals surface area contributed by atoms with E-state index in [-0.39, 0.29) is 18.2 Å². The second-order valence-electron chi connectivity index (χ2n) is 5.24. The molecule has 0 aliphatic rings. The van der Waals surface area contributed by atoms with Crippen LogP contribution in [0.15, 0.2) is 52.7 Å². The first-order valence-corrected chi connectivity index (χ1v) is 13.0. The Morgan fingerprint density at radius 1 is 0.955 bits per heavy atom. The van der Waals surface area contributed by atoms with Crippen LogP contribution in [0.4, 0.5) is 23.0 Å². The number of rotatable bonds is 2. The summed E-state index contributed by atoms with van der Waals surface area (Å²) in [4.78, 5) is 3.89. The van der Waals surface area contributed by atoms with Gasteiger partial charge in [0.1, 0.15) is 17.1 Å². The van der Waals surface area contributed by atoms with Gasteiger partial charge in [0.15, 0.2) is 5.82 Å². The van der Waals surface area contributed by atoms with Crippen LogP contribution in [0.3, 0.4) is 0 Å². The summed E-state index contributed by atoms with van der Waals surface area (Å²) in [6.07, 6.45) is 0. The summed E-state index contributed by atoms with van der Waals surface area (Å²) in [5.74, 6) is 0.649. The molecule has 0 fully saturated rings. The van der Waals surface area contributed by atoms with Crippen molar-refractivity contribution in [1.82, 2.24) is 4.98 Å². The lowest BCUT2D eigenvalue weighted by Gasteiger charge is -1.98. The molecule has 8 heteroatoms. The van der Waals surface area contributed by atoms with Crippen LogP contribution in [0.2, 0.25) is 19.6 Å². The van der Waals surface area contributed by atoms with Crippen molar-refractivity contribution in [3.8, 4) is 0 Å². The zero-order chi connectivity index (χ0) is 15.9. The van der Waals surface area contributed by atoms with Gasteiger partial charge >= 0.3 is 0 Å². The molecule has 0 spiro atoms. The largest absolute Gasteiger partial charge is 0.384 e. The van der Waals surface area contributed by atoms with E-state index in [1.54, 1.807) is 12.1 Å². The van der Waals surface area contributed by atoms with Gasteiger partial charge in [-0.3, -0.25) is 0 Å². The lowest BCUT2D eigenvalue weighted by atomic mass is 10.3. The molecule has 1 aromatic carbocycles. The maximum Gasteiger partial charge on any atom is 0.153 e. The number of nitrogens with two attached hydrogens (primary N) is 2. The summed E-state index contributed by atoms with van der Waals surface area (Å²) in [7, 11) is 0. The highest BCUT2D eigenvalue weighted by atomic mass is 127. The van der Waals surface area contributed by atoms with E-state index in [2.05, 4.69) is 56.7 Å². The number of pyridine rings is 1. The highest BCUT2D eigenvalue weighted by Gasteiger charge is 2.03. The molecule has 0 unspecified atom stereocenters. The molecule has 0 saturated heterocycles. The van der Waals surface area contributed by atoms with Crippen LogP contribution >= 0.6 is 34.2 Å². The predicted molar refractivity (Wildman–Crippen MR) is 108 cm³/mol. The fourth-order valence-electron chi connectivity index (χ4n) is 1.17. The molecule has 5 nitrogen and oxygen atoms in total. The van der Waals surface area contributed by atoms with E-state index < -0.39 is 5.57 Å². The van der Waals surface area contributed by atoms with Gasteiger partial charge in [0.05, 0.1) is 5.69 Å². The van der Waals surface area contributed by atoms with Crippen molar-refractivity contribution in [2.45, 2.75) is 19.6 Å². The fraction of sp³-hybridized carbons (Fsp3) is 0.214. The van der Waals surface area contributed by atoms with Crippen molar-refractivity contribution in [3.63, 3.8) is 0 Å². The molecule has 2 aromatic rings. The van der Waals surface area contributed by atoms with E-state index in [0.717, 1.165) is 5.69 Å². The van der Waals surface area contributed by atoms with Crippen LogP contribution in [-0.4, -0.2) is 10.6 Å². The Kier molecular flexibility index (Phi) is 9.22. The van der Waals surface area contributed by atoms with Crippen molar-refractivity contribution in [2.24, 2.45) is 10.2 Å². The zero-order valence-electron chi connectivity index (χ0n) is 12.8. The molecule has 0 atom stereocenters. The molecule has 1 aromatic heterocycles. The number of benzene rings is 1. The lowest BCUT2D eigenvalue weighted by Crippen LogP contribution is -2.05. The summed E-state index contributed by atoms with van der Waals surface area (Å²) in [6.45, 7) is 6.94. The molecule has 0 aliphatic carbocycles. The second-order valence-corrected chi connectivity index (χ2v) is 19.1. The minimum absolute atomic E-state index is 0. The average Bonchev–Trinajstić information content (AvgIpc) is 2.37. The topological polar surface area (TPSA) is 89.6 Å². The number of hydrogen-bond acceptors (Lipinski definition) is 5. The van der Waals surface area contributed by atoms with E-state index in [4.69, 9.17) is 11.5 Å². The SMILES string of the molecule is C[Si](C)(C)I.Cl.Nc1ccc(/N=N/c2ccccc2)c(N)n1. The minimum Gasteiger partial charge on any atom is -0.384 e. The Balaban J connectivity index is 0.000000644. The maximum atomic E-state index is 5.64. The van der Waals surface area contributed by atoms with Gasteiger partial charge in [0.2, 0.25) is 0 Å². The first-order chi connectivity index (χ1) is 9.75. The number of azo groups is 1. The molecule has 0 radical (unpaired) electrons. The Morgan fingerprint density at radius 2 is 1.50 bits per heavy atom. The van der Waals surface area contributed by atoms with Crippen molar-refractivity contribution in [1.29, 1.82) is 0 Å². The van der Waals surface area contributed by atoms with Gasteiger partial charge in [0, 0.05) is 0 Å². The van der Waals surface area contributed by atoms with Crippen molar-refractivity contribution in [2.75, 3.05) is 11.5 Å². The smallest absolute Gasteiger partial charge is 0.153 e. The van der Waals surface area contributed by atoms with Gasteiger partial charge < -0.3 is 11.5 Å². The Labute approximate surface area is 151 Å². The lowest BCUT2D eigenvalue weighted by molar-refractivity contribution is 1.21. The van der Waals surface area contributed by atoms with Crippen molar-refractivity contribution < 1.29 is 0 Å².